The molecule has 2 aliphatic rings. The SMILES string of the molecule is CCn1ccc(C(=O)N2CCC[C@H]2c2nc(C)c3c(n2)N(Cc2ccccc2)C(=O)CC3)n1. The van der Waals surface area contributed by atoms with Gasteiger partial charge in [-0.1, -0.05) is 30.3 Å². The predicted octanol–water partition coefficient (Wildman–Crippen LogP) is 3.46. The summed E-state index contributed by atoms with van der Waals surface area (Å²) in [5.41, 5.74) is 3.40. The lowest BCUT2D eigenvalue weighted by Gasteiger charge is -2.31. The number of carbonyl (C=O) groups excluding carboxylic acids is 2. The van der Waals surface area contributed by atoms with Crippen LogP contribution in [0.5, 0.6) is 0 Å². The fraction of sp³-hybridized carbons (Fsp3) is 0.400. The number of hydrogen-bond donors (Lipinski definition) is 0. The minimum atomic E-state index is -0.219. The molecule has 2 aliphatic heterocycles. The first kappa shape index (κ1) is 21.3. The Hall–Kier alpha value is -3.55. The predicted molar refractivity (Wildman–Crippen MR) is 124 cm³/mol. The van der Waals surface area contributed by atoms with Gasteiger partial charge < -0.3 is 4.90 Å². The molecule has 1 aromatic carbocycles. The van der Waals surface area contributed by atoms with Crippen LogP contribution in [0, 0.1) is 6.92 Å². The van der Waals surface area contributed by atoms with Crippen LogP contribution in [0.15, 0.2) is 42.6 Å². The Kier molecular flexibility index (Phi) is 5.66. The molecule has 2 aromatic heterocycles. The molecular weight excluding hydrogens is 416 g/mol. The number of aromatic nitrogens is 4. The third kappa shape index (κ3) is 4.01. The van der Waals surface area contributed by atoms with Crippen molar-refractivity contribution < 1.29 is 9.59 Å². The van der Waals surface area contributed by atoms with Crippen LogP contribution < -0.4 is 4.90 Å². The van der Waals surface area contributed by atoms with Gasteiger partial charge in [-0.15, -0.1) is 0 Å². The highest BCUT2D eigenvalue weighted by atomic mass is 16.2. The Morgan fingerprint density at radius 3 is 2.70 bits per heavy atom. The molecule has 0 radical (unpaired) electrons. The van der Waals surface area contributed by atoms with Crippen molar-refractivity contribution in [3.63, 3.8) is 0 Å². The summed E-state index contributed by atoms with van der Waals surface area (Å²) >= 11 is 0. The molecule has 1 fully saturated rings. The second-order valence-electron chi connectivity index (χ2n) is 8.65. The van der Waals surface area contributed by atoms with Crippen LogP contribution in [0.25, 0.3) is 0 Å². The largest absolute Gasteiger partial charge is 0.327 e. The summed E-state index contributed by atoms with van der Waals surface area (Å²) < 4.78 is 1.75. The minimum absolute atomic E-state index is 0.0693. The van der Waals surface area contributed by atoms with Crippen molar-refractivity contribution in [3.05, 3.63) is 70.9 Å². The molecular formula is C25H28N6O2. The Balaban J connectivity index is 1.48. The highest BCUT2D eigenvalue weighted by Gasteiger charge is 2.36. The van der Waals surface area contributed by atoms with Gasteiger partial charge in [-0.05, 0) is 44.7 Å². The van der Waals surface area contributed by atoms with Gasteiger partial charge in [0.25, 0.3) is 5.91 Å². The molecule has 8 heteroatoms. The van der Waals surface area contributed by atoms with Crippen LogP contribution in [0.3, 0.4) is 0 Å². The van der Waals surface area contributed by atoms with E-state index in [2.05, 4.69) is 5.10 Å². The Bertz CT molecular complexity index is 1190. The quantitative estimate of drug-likeness (QED) is 0.602. The molecule has 1 saturated heterocycles. The maximum absolute atomic E-state index is 13.2. The average Bonchev–Trinajstić information content (AvgIpc) is 3.51. The van der Waals surface area contributed by atoms with E-state index < -0.39 is 0 Å². The summed E-state index contributed by atoms with van der Waals surface area (Å²) in [5, 5.41) is 4.39. The van der Waals surface area contributed by atoms with E-state index >= 15 is 0 Å². The van der Waals surface area contributed by atoms with Crippen LogP contribution in [-0.4, -0.2) is 43.0 Å². The number of amides is 2. The van der Waals surface area contributed by atoms with Crippen LogP contribution in [0.4, 0.5) is 5.82 Å². The zero-order chi connectivity index (χ0) is 22.9. The number of hydrogen-bond acceptors (Lipinski definition) is 5. The third-order valence-electron chi connectivity index (χ3n) is 6.53. The summed E-state index contributed by atoms with van der Waals surface area (Å²) in [6.07, 6.45) is 4.61. The van der Waals surface area contributed by atoms with Gasteiger partial charge in [0, 0.05) is 37.0 Å². The second kappa shape index (κ2) is 8.77. The first-order chi connectivity index (χ1) is 16.0. The van der Waals surface area contributed by atoms with Crippen molar-refractivity contribution in [1.82, 2.24) is 24.6 Å². The van der Waals surface area contributed by atoms with E-state index in [9.17, 15) is 9.59 Å². The van der Waals surface area contributed by atoms with Gasteiger partial charge in [0.1, 0.15) is 11.5 Å². The highest BCUT2D eigenvalue weighted by Crippen LogP contribution is 2.35. The molecule has 0 unspecified atom stereocenters. The number of carbonyl (C=O) groups is 2. The van der Waals surface area contributed by atoms with Gasteiger partial charge >= 0.3 is 0 Å². The molecule has 3 aromatic rings. The van der Waals surface area contributed by atoms with Crippen molar-refractivity contribution >= 4 is 17.6 Å². The lowest BCUT2D eigenvalue weighted by Crippen LogP contribution is -2.37. The molecule has 33 heavy (non-hydrogen) atoms. The third-order valence-corrected chi connectivity index (χ3v) is 6.53. The normalized spacial score (nSPS) is 18.0. The molecule has 4 heterocycles. The number of benzene rings is 1. The van der Waals surface area contributed by atoms with Crippen molar-refractivity contribution in [1.29, 1.82) is 0 Å². The van der Waals surface area contributed by atoms with Crippen LogP contribution in [-0.2, 0) is 24.3 Å². The number of nitrogens with zero attached hydrogens (tertiary/aromatic N) is 6. The number of likely N-dealkylation sites (tertiary alicyclic amines) is 1. The average molecular weight is 445 g/mol. The first-order valence-corrected chi connectivity index (χ1v) is 11.6. The second-order valence-corrected chi connectivity index (χ2v) is 8.65. The van der Waals surface area contributed by atoms with Gasteiger partial charge in [-0.3, -0.25) is 19.2 Å². The molecule has 0 saturated carbocycles. The van der Waals surface area contributed by atoms with E-state index in [0.717, 1.165) is 36.2 Å². The van der Waals surface area contributed by atoms with Crippen molar-refractivity contribution in [3.8, 4) is 0 Å². The zero-order valence-electron chi connectivity index (χ0n) is 19.1. The van der Waals surface area contributed by atoms with E-state index in [1.165, 1.54) is 0 Å². The first-order valence-electron chi connectivity index (χ1n) is 11.6. The fourth-order valence-electron chi connectivity index (χ4n) is 4.76. The topological polar surface area (TPSA) is 84.2 Å². The zero-order valence-corrected chi connectivity index (χ0v) is 19.1. The Labute approximate surface area is 193 Å². The molecule has 0 spiro atoms. The van der Waals surface area contributed by atoms with E-state index in [1.807, 2.05) is 55.3 Å². The van der Waals surface area contributed by atoms with Crippen molar-refractivity contribution in [2.45, 2.75) is 58.7 Å². The van der Waals surface area contributed by atoms with E-state index in [0.29, 0.717) is 43.3 Å². The Morgan fingerprint density at radius 2 is 1.94 bits per heavy atom. The maximum atomic E-state index is 13.2. The van der Waals surface area contributed by atoms with Gasteiger partial charge in [-0.25, -0.2) is 9.97 Å². The molecule has 0 N–H and O–H groups in total. The molecule has 8 nitrogen and oxygen atoms in total. The number of fused-ring (bicyclic) bond motifs is 1. The maximum Gasteiger partial charge on any atom is 0.274 e. The highest BCUT2D eigenvalue weighted by molar-refractivity contribution is 5.95. The van der Waals surface area contributed by atoms with E-state index in [1.54, 1.807) is 15.6 Å². The lowest BCUT2D eigenvalue weighted by molar-refractivity contribution is -0.119. The number of aryl methyl sites for hydroxylation is 2. The summed E-state index contributed by atoms with van der Waals surface area (Å²) in [6, 6.07) is 11.5. The number of rotatable bonds is 5. The van der Waals surface area contributed by atoms with E-state index in [4.69, 9.17) is 9.97 Å². The van der Waals surface area contributed by atoms with Crippen molar-refractivity contribution in [2.75, 3.05) is 11.4 Å². The molecule has 0 aliphatic carbocycles. The monoisotopic (exact) mass is 444 g/mol. The smallest absolute Gasteiger partial charge is 0.274 e. The van der Waals surface area contributed by atoms with Gasteiger partial charge in [0.15, 0.2) is 5.82 Å². The minimum Gasteiger partial charge on any atom is -0.327 e. The Morgan fingerprint density at radius 1 is 1.12 bits per heavy atom. The summed E-state index contributed by atoms with van der Waals surface area (Å²) in [4.78, 5) is 39.4. The summed E-state index contributed by atoms with van der Waals surface area (Å²) in [6.45, 7) is 5.81. The summed E-state index contributed by atoms with van der Waals surface area (Å²) in [7, 11) is 0. The standard InChI is InChI=1S/C25H28N6O2/c1-3-29-15-13-20(28-29)25(33)30-14-7-10-21(30)23-26-17(2)19-11-12-22(32)31(24(19)27-23)16-18-8-5-4-6-9-18/h4-6,8-9,13,15,21H,3,7,10-12,14,16H2,1-2H3/t21-/m0/s1. The van der Waals surface area contributed by atoms with Gasteiger partial charge in [0.05, 0.1) is 12.6 Å². The molecule has 1 atom stereocenters. The number of anilines is 1. The van der Waals surface area contributed by atoms with E-state index in [-0.39, 0.29) is 17.9 Å². The molecule has 170 valence electrons. The van der Waals surface area contributed by atoms with Gasteiger partial charge in [-0.2, -0.15) is 5.10 Å². The summed E-state index contributed by atoms with van der Waals surface area (Å²) in [5.74, 6) is 1.27. The van der Waals surface area contributed by atoms with Crippen LogP contribution in [0.2, 0.25) is 0 Å². The molecule has 5 rings (SSSR count). The fourth-order valence-corrected chi connectivity index (χ4v) is 4.76. The lowest BCUT2D eigenvalue weighted by atomic mass is 10.0. The van der Waals surface area contributed by atoms with Crippen molar-refractivity contribution in [2.24, 2.45) is 0 Å². The van der Waals surface area contributed by atoms with Crippen LogP contribution >= 0.6 is 0 Å². The van der Waals surface area contributed by atoms with Gasteiger partial charge in [0.2, 0.25) is 5.91 Å². The van der Waals surface area contributed by atoms with Crippen LogP contribution in [0.1, 0.15) is 65.4 Å². The molecule has 2 amide bonds. The molecule has 0 bridgehead atoms.